The summed E-state index contributed by atoms with van der Waals surface area (Å²) >= 11 is 6.63. The number of nitrogens with zero attached hydrogens (tertiary/aromatic N) is 1. The molecule has 2 N–H and O–H groups in total. The highest BCUT2D eigenvalue weighted by Gasteiger charge is 2.29. The number of aromatic amines is 1. The number of hydrogen-bond donors (Lipinski definition) is 2. The summed E-state index contributed by atoms with van der Waals surface area (Å²) in [4.78, 5) is 16.8. The number of H-pyrrole nitrogens is 1. The first-order valence-corrected chi connectivity index (χ1v) is 6.68. The number of halogens is 2. The van der Waals surface area contributed by atoms with Gasteiger partial charge in [0.2, 0.25) is 0 Å². The lowest BCUT2D eigenvalue weighted by atomic mass is 10.2. The van der Waals surface area contributed by atoms with E-state index in [4.69, 9.17) is 5.11 Å². The van der Waals surface area contributed by atoms with E-state index >= 15 is 0 Å². The Balaban J connectivity index is 2.18. The van der Waals surface area contributed by atoms with E-state index < -0.39 is 0 Å². The molecule has 4 nitrogen and oxygen atoms in total. The average molecular weight is 352 g/mol. The number of carbonyl (C=O) groups excluding carboxylic acids is 1. The highest BCUT2D eigenvalue weighted by Crippen LogP contribution is 2.26. The minimum absolute atomic E-state index is 0.0339. The van der Waals surface area contributed by atoms with Crippen molar-refractivity contribution in [1.29, 1.82) is 0 Å². The lowest BCUT2D eigenvalue weighted by Crippen LogP contribution is -2.37. The molecular formula is C10H12Br2N2O2. The number of aliphatic hydroxyl groups is 1. The van der Waals surface area contributed by atoms with Gasteiger partial charge in [-0.05, 0) is 50.8 Å². The van der Waals surface area contributed by atoms with E-state index in [0.29, 0.717) is 5.69 Å². The van der Waals surface area contributed by atoms with Gasteiger partial charge in [-0.1, -0.05) is 0 Å². The molecule has 1 aromatic rings. The molecule has 2 heterocycles. The number of likely N-dealkylation sites (tertiary alicyclic amines) is 1. The van der Waals surface area contributed by atoms with Gasteiger partial charge in [-0.25, -0.2) is 0 Å². The number of rotatable bonds is 2. The zero-order chi connectivity index (χ0) is 11.7. The van der Waals surface area contributed by atoms with Crippen LogP contribution in [0.1, 0.15) is 23.3 Å². The highest BCUT2D eigenvalue weighted by molar-refractivity contribution is 9.13. The smallest absolute Gasteiger partial charge is 0.270 e. The van der Waals surface area contributed by atoms with Gasteiger partial charge in [0.05, 0.1) is 21.7 Å². The van der Waals surface area contributed by atoms with Crippen LogP contribution in [0, 0.1) is 0 Å². The van der Waals surface area contributed by atoms with Gasteiger partial charge in [0.25, 0.3) is 5.91 Å². The molecule has 1 saturated heterocycles. The van der Waals surface area contributed by atoms with Crippen molar-refractivity contribution in [3.63, 3.8) is 0 Å². The Morgan fingerprint density at radius 1 is 1.62 bits per heavy atom. The Bertz CT molecular complexity index is 386. The zero-order valence-electron chi connectivity index (χ0n) is 8.54. The van der Waals surface area contributed by atoms with Gasteiger partial charge in [-0.15, -0.1) is 0 Å². The van der Waals surface area contributed by atoms with E-state index in [1.54, 1.807) is 11.0 Å². The fraction of sp³-hybridized carbons (Fsp3) is 0.500. The Morgan fingerprint density at radius 2 is 2.38 bits per heavy atom. The number of carbonyl (C=O) groups is 1. The van der Waals surface area contributed by atoms with Crippen LogP contribution in [-0.2, 0) is 0 Å². The van der Waals surface area contributed by atoms with Gasteiger partial charge in [-0.3, -0.25) is 4.79 Å². The van der Waals surface area contributed by atoms with Crippen molar-refractivity contribution in [2.75, 3.05) is 13.2 Å². The summed E-state index contributed by atoms with van der Waals surface area (Å²) in [6, 6.07) is 1.72. The number of hydrogen-bond acceptors (Lipinski definition) is 2. The van der Waals surface area contributed by atoms with E-state index in [1.165, 1.54) is 0 Å². The maximum atomic E-state index is 12.1. The molecule has 0 bridgehead atoms. The molecule has 6 heteroatoms. The quantitative estimate of drug-likeness (QED) is 0.857. The molecule has 1 aliphatic heterocycles. The van der Waals surface area contributed by atoms with Crippen LogP contribution in [-0.4, -0.2) is 40.1 Å². The molecule has 2 rings (SSSR count). The van der Waals surface area contributed by atoms with E-state index in [-0.39, 0.29) is 18.6 Å². The van der Waals surface area contributed by atoms with Crippen molar-refractivity contribution >= 4 is 37.8 Å². The van der Waals surface area contributed by atoms with Crippen LogP contribution in [0.5, 0.6) is 0 Å². The van der Waals surface area contributed by atoms with Crippen LogP contribution in [0.4, 0.5) is 0 Å². The number of aliphatic hydroxyl groups excluding tert-OH is 1. The fourth-order valence-corrected chi connectivity index (χ4v) is 2.62. The van der Waals surface area contributed by atoms with Crippen LogP contribution in [0.3, 0.4) is 0 Å². The predicted octanol–water partition coefficient (Wildman–Crippen LogP) is 2.14. The second-order valence-electron chi connectivity index (χ2n) is 3.82. The first kappa shape index (κ1) is 12.1. The Morgan fingerprint density at radius 3 is 2.94 bits per heavy atom. The lowest BCUT2D eigenvalue weighted by molar-refractivity contribution is 0.0672. The molecular weight excluding hydrogens is 340 g/mol. The van der Waals surface area contributed by atoms with Gasteiger partial charge in [0, 0.05) is 6.54 Å². The van der Waals surface area contributed by atoms with Crippen molar-refractivity contribution in [2.24, 2.45) is 0 Å². The normalized spacial score (nSPS) is 20.4. The molecule has 0 spiro atoms. The molecule has 1 fully saturated rings. The fourth-order valence-electron chi connectivity index (χ4n) is 1.97. The molecule has 1 amide bonds. The van der Waals surface area contributed by atoms with E-state index in [0.717, 1.165) is 28.5 Å². The largest absolute Gasteiger partial charge is 0.394 e. The summed E-state index contributed by atoms with van der Waals surface area (Å²) in [7, 11) is 0. The zero-order valence-corrected chi connectivity index (χ0v) is 11.7. The molecule has 0 unspecified atom stereocenters. The number of amides is 1. The Hall–Kier alpha value is -0.330. The molecule has 16 heavy (non-hydrogen) atoms. The first-order valence-electron chi connectivity index (χ1n) is 5.09. The molecule has 1 atom stereocenters. The summed E-state index contributed by atoms with van der Waals surface area (Å²) < 4.78 is 1.59. The van der Waals surface area contributed by atoms with Crippen molar-refractivity contribution in [3.8, 4) is 0 Å². The highest BCUT2D eigenvalue weighted by atomic mass is 79.9. The maximum Gasteiger partial charge on any atom is 0.270 e. The van der Waals surface area contributed by atoms with Gasteiger partial charge >= 0.3 is 0 Å². The van der Waals surface area contributed by atoms with E-state index in [1.807, 2.05) is 0 Å². The minimum Gasteiger partial charge on any atom is -0.394 e. The molecule has 0 aromatic carbocycles. The first-order chi connectivity index (χ1) is 7.63. The van der Waals surface area contributed by atoms with Crippen molar-refractivity contribution in [2.45, 2.75) is 18.9 Å². The van der Waals surface area contributed by atoms with Crippen LogP contribution in [0.2, 0.25) is 0 Å². The number of nitrogens with one attached hydrogen (secondary N) is 1. The molecule has 88 valence electrons. The van der Waals surface area contributed by atoms with Crippen LogP contribution in [0.15, 0.2) is 15.1 Å². The van der Waals surface area contributed by atoms with Gasteiger partial charge in [0.1, 0.15) is 5.69 Å². The van der Waals surface area contributed by atoms with Crippen LogP contribution in [0.25, 0.3) is 0 Å². The minimum atomic E-state index is -0.0528. The second kappa shape index (κ2) is 4.89. The third kappa shape index (κ3) is 2.19. The molecule has 0 radical (unpaired) electrons. The molecule has 0 saturated carbocycles. The predicted molar refractivity (Wildman–Crippen MR) is 67.3 cm³/mol. The van der Waals surface area contributed by atoms with Crippen molar-refractivity contribution in [3.05, 3.63) is 20.8 Å². The van der Waals surface area contributed by atoms with Gasteiger partial charge < -0.3 is 15.0 Å². The third-order valence-electron chi connectivity index (χ3n) is 2.80. The van der Waals surface area contributed by atoms with Gasteiger partial charge in [-0.2, -0.15) is 0 Å². The topological polar surface area (TPSA) is 56.3 Å². The third-order valence-corrected chi connectivity index (χ3v) is 4.59. The Labute approximate surface area is 110 Å². The summed E-state index contributed by atoms with van der Waals surface area (Å²) in [5.74, 6) is -0.0528. The summed E-state index contributed by atoms with van der Waals surface area (Å²) in [6.07, 6.45) is 1.84. The van der Waals surface area contributed by atoms with Crippen LogP contribution < -0.4 is 0 Å². The van der Waals surface area contributed by atoms with Crippen molar-refractivity contribution < 1.29 is 9.90 Å². The van der Waals surface area contributed by atoms with Gasteiger partial charge in [0.15, 0.2) is 0 Å². The second-order valence-corrected chi connectivity index (χ2v) is 5.47. The molecule has 0 aliphatic carbocycles. The van der Waals surface area contributed by atoms with E-state index in [2.05, 4.69) is 36.8 Å². The maximum absolute atomic E-state index is 12.1. The average Bonchev–Trinajstić information content (AvgIpc) is 2.85. The number of aromatic nitrogens is 1. The SMILES string of the molecule is O=C(c1cc(Br)c(Br)[nH]1)N1CCC[C@H]1CO. The lowest BCUT2D eigenvalue weighted by Gasteiger charge is -2.22. The molecule has 1 aromatic heterocycles. The van der Waals surface area contributed by atoms with Crippen molar-refractivity contribution in [1.82, 2.24) is 9.88 Å². The molecule has 1 aliphatic rings. The summed E-state index contributed by atoms with van der Waals surface area (Å²) in [5, 5.41) is 9.17. The summed E-state index contributed by atoms with van der Waals surface area (Å²) in [5.41, 5.74) is 0.541. The van der Waals surface area contributed by atoms with E-state index in [9.17, 15) is 4.79 Å². The monoisotopic (exact) mass is 350 g/mol. The van der Waals surface area contributed by atoms with Crippen LogP contribution >= 0.6 is 31.9 Å². The Kier molecular flexibility index (Phi) is 3.71. The summed E-state index contributed by atoms with van der Waals surface area (Å²) in [6.45, 7) is 0.757. The standard InChI is InChI=1S/C10H12Br2N2O2/c11-7-4-8(13-9(7)12)10(16)14-3-1-2-6(14)5-15/h4,6,13,15H,1-3,5H2/t6-/m0/s1.